The van der Waals surface area contributed by atoms with Crippen LogP contribution in [0.3, 0.4) is 0 Å². The molecule has 0 atom stereocenters. The minimum absolute atomic E-state index is 0.663. The van der Waals surface area contributed by atoms with Crippen LogP contribution >= 0.6 is 22.7 Å². The molecule has 0 amide bonds. The summed E-state index contributed by atoms with van der Waals surface area (Å²) in [6, 6.07) is 54.2. The molecule has 11 rings (SSSR count). The predicted molar refractivity (Wildman–Crippen MR) is 214 cm³/mol. The van der Waals surface area contributed by atoms with E-state index in [1.807, 2.05) is 40.9 Å². The first-order valence-corrected chi connectivity index (χ1v) is 18.3. The fraction of sp³-hybridized carbons (Fsp3) is 0. The van der Waals surface area contributed by atoms with Gasteiger partial charge in [-0.3, -0.25) is 0 Å². The quantitative estimate of drug-likeness (QED) is 0.176. The molecule has 0 unspecified atom stereocenters. The summed E-state index contributed by atoms with van der Waals surface area (Å²) in [6.07, 6.45) is 0. The molecule has 0 aliphatic heterocycles. The topological polar surface area (TPSA) is 38.7 Å². The van der Waals surface area contributed by atoms with Crippen LogP contribution in [0.1, 0.15) is 0 Å². The number of aromatic nitrogens is 3. The Morgan fingerprint density at radius 2 is 0.880 bits per heavy atom. The van der Waals surface area contributed by atoms with Gasteiger partial charge in [-0.15, -0.1) is 22.7 Å². The average molecular weight is 672 g/mol. The smallest absolute Gasteiger partial charge is 0.164 e. The molecule has 3 nitrogen and oxygen atoms in total. The molecule has 0 N–H and O–H groups in total. The first-order valence-electron chi connectivity index (χ1n) is 16.7. The summed E-state index contributed by atoms with van der Waals surface area (Å²) in [5.41, 5.74) is 2.91. The largest absolute Gasteiger partial charge is 0.208 e. The van der Waals surface area contributed by atoms with Crippen LogP contribution in [-0.4, -0.2) is 15.0 Å². The van der Waals surface area contributed by atoms with E-state index in [-0.39, 0.29) is 0 Å². The minimum Gasteiger partial charge on any atom is -0.208 e. The molecule has 0 spiro atoms. The third-order valence-corrected chi connectivity index (χ3v) is 12.2. The molecule has 5 heteroatoms. The molecule has 0 saturated carbocycles. The third kappa shape index (κ3) is 4.18. The molecule has 0 radical (unpaired) electrons. The zero-order chi connectivity index (χ0) is 32.8. The lowest BCUT2D eigenvalue weighted by Crippen LogP contribution is -2.00. The van der Waals surface area contributed by atoms with Crippen LogP contribution in [-0.2, 0) is 0 Å². The summed E-state index contributed by atoms with van der Waals surface area (Å²) >= 11 is 3.71. The molecular formula is C45H25N3S2. The Hall–Kier alpha value is -6.01. The first kappa shape index (κ1) is 27.9. The van der Waals surface area contributed by atoms with Gasteiger partial charge in [0, 0.05) is 62.4 Å². The number of rotatable bonds is 3. The highest BCUT2D eigenvalue weighted by Gasteiger charge is 2.18. The van der Waals surface area contributed by atoms with E-state index in [1.54, 1.807) is 0 Å². The summed E-state index contributed by atoms with van der Waals surface area (Å²) in [7, 11) is 0. The molecule has 0 fully saturated rings. The maximum atomic E-state index is 5.14. The predicted octanol–water partition coefficient (Wildman–Crippen LogP) is 13.1. The number of hydrogen-bond acceptors (Lipinski definition) is 5. The van der Waals surface area contributed by atoms with Crippen molar-refractivity contribution in [1.82, 2.24) is 15.0 Å². The van der Waals surface area contributed by atoms with Crippen molar-refractivity contribution < 1.29 is 0 Å². The average Bonchev–Trinajstić information content (AvgIpc) is 3.76. The summed E-state index contributed by atoms with van der Waals surface area (Å²) in [5.74, 6) is 2.00. The van der Waals surface area contributed by atoms with Gasteiger partial charge in [-0.25, -0.2) is 15.0 Å². The van der Waals surface area contributed by atoms with E-state index in [4.69, 9.17) is 15.0 Å². The molecule has 11 aromatic rings. The van der Waals surface area contributed by atoms with E-state index in [0.717, 1.165) is 22.1 Å². The zero-order valence-corrected chi connectivity index (χ0v) is 28.2. The minimum atomic E-state index is 0.663. The lowest BCUT2D eigenvalue weighted by Gasteiger charge is -2.12. The van der Waals surface area contributed by atoms with Gasteiger partial charge in [0.2, 0.25) is 0 Å². The molecule has 0 bridgehead atoms. The Morgan fingerprint density at radius 1 is 0.320 bits per heavy atom. The summed E-state index contributed by atoms with van der Waals surface area (Å²) in [6.45, 7) is 0. The summed E-state index contributed by atoms with van der Waals surface area (Å²) in [4.78, 5) is 15.2. The van der Waals surface area contributed by atoms with Crippen molar-refractivity contribution >= 4 is 95.3 Å². The SMILES string of the molecule is c1ccc(-c2nc(-c3ccc4c(ccc5c6sc7ccccc7c6c6ccccc6c45)c3)nc(-c3ccc4sc5ccccc5c4c3)n2)cc1. The maximum absolute atomic E-state index is 5.14. The Balaban J connectivity index is 1.13. The normalized spacial score (nSPS) is 12.0. The van der Waals surface area contributed by atoms with Gasteiger partial charge in [0.15, 0.2) is 17.5 Å². The lowest BCUT2D eigenvalue weighted by molar-refractivity contribution is 1.08. The van der Waals surface area contributed by atoms with Gasteiger partial charge < -0.3 is 0 Å². The Morgan fingerprint density at radius 3 is 1.66 bits per heavy atom. The van der Waals surface area contributed by atoms with Crippen LogP contribution in [0.15, 0.2) is 152 Å². The van der Waals surface area contributed by atoms with Crippen molar-refractivity contribution in [1.29, 1.82) is 0 Å². The number of thiophene rings is 2. The highest BCUT2D eigenvalue weighted by molar-refractivity contribution is 7.27. The molecule has 3 heterocycles. The van der Waals surface area contributed by atoms with Crippen molar-refractivity contribution in [2.75, 3.05) is 0 Å². The van der Waals surface area contributed by atoms with Gasteiger partial charge in [-0.05, 0) is 63.3 Å². The first-order chi connectivity index (χ1) is 24.8. The fourth-order valence-electron chi connectivity index (χ4n) is 7.59. The zero-order valence-electron chi connectivity index (χ0n) is 26.6. The van der Waals surface area contributed by atoms with Crippen LogP contribution in [0.4, 0.5) is 0 Å². The van der Waals surface area contributed by atoms with Gasteiger partial charge in [0.05, 0.1) is 0 Å². The van der Waals surface area contributed by atoms with Gasteiger partial charge in [0.25, 0.3) is 0 Å². The molecule has 50 heavy (non-hydrogen) atoms. The van der Waals surface area contributed by atoms with E-state index in [2.05, 4.69) is 133 Å². The molecule has 0 aliphatic carbocycles. The summed E-state index contributed by atoms with van der Waals surface area (Å²) < 4.78 is 5.21. The van der Waals surface area contributed by atoms with Crippen molar-refractivity contribution in [2.45, 2.75) is 0 Å². The lowest BCUT2D eigenvalue weighted by atomic mass is 9.93. The molecule has 232 valence electrons. The van der Waals surface area contributed by atoms with Crippen molar-refractivity contribution in [3.05, 3.63) is 152 Å². The number of nitrogens with zero attached hydrogens (tertiary/aromatic N) is 3. The van der Waals surface area contributed by atoms with E-state index in [9.17, 15) is 0 Å². The monoisotopic (exact) mass is 671 g/mol. The number of hydrogen-bond donors (Lipinski definition) is 0. The van der Waals surface area contributed by atoms with Crippen molar-refractivity contribution in [3.63, 3.8) is 0 Å². The Kier molecular flexibility index (Phi) is 5.99. The number of fused-ring (bicyclic) bond motifs is 13. The highest BCUT2D eigenvalue weighted by atomic mass is 32.1. The van der Waals surface area contributed by atoms with E-state index < -0.39 is 0 Å². The van der Waals surface area contributed by atoms with Crippen LogP contribution in [0.25, 0.3) is 107 Å². The highest BCUT2D eigenvalue weighted by Crippen LogP contribution is 2.46. The maximum Gasteiger partial charge on any atom is 0.164 e. The van der Waals surface area contributed by atoms with Crippen molar-refractivity contribution in [2.24, 2.45) is 0 Å². The molecule has 3 aromatic heterocycles. The standard InChI is InChI=1S/C45H25N3S2/c1-2-10-26(11-3-1)43-46-44(48-45(47-43)29-20-23-39-36(25-29)31-12-6-8-16-37(31)49-39)28-19-21-30-27(24-28)18-22-35-40(30)32-13-4-5-14-33(32)41-34-15-7-9-17-38(34)50-42(35)41/h1-25H. The Bertz CT molecular complexity index is 3160. The third-order valence-electron chi connectivity index (χ3n) is 9.89. The van der Waals surface area contributed by atoms with Gasteiger partial charge in [-0.1, -0.05) is 115 Å². The number of benzene rings is 8. The van der Waals surface area contributed by atoms with E-state index in [1.165, 1.54) is 67.3 Å². The second kappa shape index (κ2) is 10.7. The van der Waals surface area contributed by atoms with Crippen LogP contribution in [0.2, 0.25) is 0 Å². The van der Waals surface area contributed by atoms with E-state index in [0.29, 0.717) is 17.5 Å². The molecular weight excluding hydrogens is 647 g/mol. The van der Waals surface area contributed by atoms with E-state index >= 15 is 0 Å². The molecule has 0 aliphatic rings. The van der Waals surface area contributed by atoms with Crippen LogP contribution in [0, 0.1) is 0 Å². The fourth-order valence-corrected chi connectivity index (χ4v) is 9.92. The van der Waals surface area contributed by atoms with Crippen molar-refractivity contribution in [3.8, 4) is 34.2 Å². The molecule has 8 aromatic carbocycles. The van der Waals surface area contributed by atoms with Gasteiger partial charge in [-0.2, -0.15) is 0 Å². The van der Waals surface area contributed by atoms with Crippen LogP contribution < -0.4 is 0 Å². The Labute approximate surface area is 294 Å². The van der Waals surface area contributed by atoms with Gasteiger partial charge in [0.1, 0.15) is 0 Å². The second-order valence-electron chi connectivity index (χ2n) is 12.8. The molecule has 0 saturated heterocycles. The van der Waals surface area contributed by atoms with Crippen LogP contribution in [0.5, 0.6) is 0 Å². The second-order valence-corrected chi connectivity index (χ2v) is 14.9. The van der Waals surface area contributed by atoms with Gasteiger partial charge >= 0.3 is 0 Å². The summed E-state index contributed by atoms with van der Waals surface area (Å²) in [5, 5.41) is 12.7.